The summed E-state index contributed by atoms with van der Waals surface area (Å²) in [5, 5.41) is 40.3. The van der Waals surface area contributed by atoms with Crippen LogP contribution in [0.25, 0.3) is 11.1 Å². The first kappa shape index (κ1) is 13.3. The van der Waals surface area contributed by atoms with Gasteiger partial charge >= 0.3 is 0 Å². The zero-order chi connectivity index (χ0) is 14.9. The third kappa shape index (κ3) is 2.64. The van der Waals surface area contributed by atoms with Crippen LogP contribution in [0.4, 0.5) is 11.4 Å². The summed E-state index contributed by atoms with van der Waals surface area (Å²) in [6.07, 6.45) is 0. The summed E-state index contributed by atoms with van der Waals surface area (Å²) < 4.78 is 0. The van der Waals surface area contributed by atoms with Crippen LogP contribution in [0, 0.1) is 20.2 Å². The third-order valence-electron chi connectivity index (χ3n) is 2.56. The van der Waals surface area contributed by atoms with Crippen LogP contribution >= 0.6 is 0 Å². The predicted octanol–water partition coefficient (Wildman–Crippen LogP) is 2.58. The summed E-state index contributed by atoms with van der Waals surface area (Å²) in [6.45, 7) is 0. The number of aromatic hydroxyl groups is 2. The van der Waals surface area contributed by atoms with Gasteiger partial charge in [0.15, 0.2) is 0 Å². The topological polar surface area (TPSA) is 127 Å². The molecule has 0 bridgehead atoms. The zero-order valence-electron chi connectivity index (χ0n) is 9.89. The van der Waals surface area contributed by atoms with E-state index in [4.69, 9.17) is 0 Å². The largest absolute Gasteiger partial charge is 0.508 e. The van der Waals surface area contributed by atoms with Gasteiger partial charge in [0, 0.05) is 12.1 Å². The Labute approximate surface area is 111 Å². The number of nitro groups is 2. The zero-order valence-corrected chi connectivity index (χ0v) is 9.89. The van der Waals surface area contributed by atoms with Crippen molar-refractivity contribution in [3.8, 4) is 22.6 Å². The molecule has 102 valence electrons. The van der Waals surface area contributed by atoms with Crippen LogP contribution in [0.3, 0.4) is 0 Å². The van der Waals surface area contributed by atoms with Crippen molar-refractivity contribution < 1.29 is 20.1 Å². The normalized spacial score (nSPS) is 10.2. The molecule has 2 aromatic rings. The van der Waals surface area contributed by atoms with Crippen LogP contribution in [-0.4, -0.2) is 20.1 Å². The Balaban J connectivity index is 2.62. The maximum Gasteiger partial charge on any atom is 0.273 e. The second-order valence-electron chi connectivity index (χ2n) is 3.99. The van der Waals surface area contributed by atoms with Crippen LogP contribution < -0.4 is 0 Å². The summed E-state index contributed by atoms with van der Waals surface area (Å²) >= 11 is 0. The Morgan fingerprint density at radius 2 is 1.05 bits per heavy atom. The van der Waals surface area contributed by atoms with Crippen molar-refractivity contribution in [3.63, 3.8) is 0 Å². The van der Waals surface area contributed by atoms with Crippen LogP contribution in [0.2, 0.25) is 0 Å². The number of phenolic OH excluding ortho intramolecular Hbond substituents is 2. The fraction of sp³-hybridized carbons (Fsp3) is 0. The molecule has 0 heterocycles. The number of benzene rings is 2. The molecule has 0 aliphatic heterocycles. The summed E-state index contributed by atoms with van der Waals surface area (Å²) in [5.41, 5.74) is -0.330. The van der Waals surface area contributed by atoms with Gasteiger partial charge in [-0.25, -0.2) is 0 Å². The van der Waals surface area contributed by atoms with E-state index >= 15 is 0 Å². The molecule has 2 N–H and O–H groups in total. The summed E-state index contributed by atoms with van der Waals surface area (Å²) in [4.78, 5) is 20.0. The lowest BCUT2D eigenvalue weighted by Crippen LogP contribution is -1.91. The van der Waals surface area contributed by atoms with Crippen LogP contribution in [0.15, 0.2) is 36.4 Å². The third-order valence-corrected chi connectivity index (χ3v) is 2.56. The van der Waals surface area contributed by atoms with E-state index in [2.05, 4.69) is 0 Å². The minimum Gasteiger partial charge on any atom is -0.508 e. The average molecular weight is 276 g/mol. The number of hydrogen-bond acceptors (Lipinski definition) is 6. The molecule has 0 amide bonds. The number of hydrogen-bond donors (Lipinski definition) is 2. The van der Waals surface area contributed by atoms with Crippen molar-refractivity contribution in [2.75, 3.05) is 0 Å². The highest BCUT2D eigenvalue weighted by Crippen LogP contribution is 2.33. The molecule has 0 aliphatic rings. The molecule has 0 fully saturated rings. The minimum absolute atomic E-state index is 0.190. The predicted molar refractivity (Wildman–Crippen MR) is 68.5 cm³/mol. The average Bonchev–Trinajstić information content (AvgIpc) is 2.37. The molecular weight excluding hydrogens is 268 g/mol. The molecular formula is C12H8N2O6. The molecule has 0 aliphatic carbocycles. The van der Waals surface area contributed by atoms with E-state index in [0.717, 1.165) is 24.3 Å². The van der Waals surface area contributed by atoms with Crippen molar-refractivity contribution >= 4 is 11.4 Å². The second-order valence-corrected chi connectivity index (χ2v) is 3.99. The first-order valence-corrected chi connectivity index (χ1v) is 5.34. The summed E-state index contributed by atoms with van der Waals surface area (Å²) in [6, 6.07) is 6.65. The molecule has 2 aromatic carbocycles. The first-order valence-electron chi connectivity index (χ1n) is 5.34. The van der Waals surface area contributed by atoms with Gasteiger partial charge in [0.1, 0.15) is 11.5 Å². The number of non-ortho nitro benzene ring substituents is 2. The van der Waals surface area contributed by atoms with Gasteiger partial charge in [-0.1, -0.05) is 0 Å². The Morgan fingerprint density at radius 1 is 0.700 bits per heavy atom. The molecule has 0 aromatic heterocycles. The maximum atomic E-state index is 10.7. The molecule has 8 nitrogen and oxygen atoms in total. The van der Waals surface area contributed by atoms with E-state index in [1.165, 1.54) is 12.1 Å². The molecule has 2 rings (SSSR count). The van der Waals surface area contributed by atoms with Gasteiger partial charge in [0.05, 0.1) is 22.0 Å². The molecule has 0 saturated heterocycles. The molecule has 8 heteroatoms. The van der Waals surface area contributed by atoms with Gasteiger partial charge in [-0.05, 0) is 23.3 Å². The number of phenols is 2. The van der Waals surface area contributed by atoms with Gasteiger partial charge in [-0.15, -0.1) is 0 Å². The molecule has 20 heavy (non-hydrogen) atoms. The van der Waals surface area contributed by atoms with E-state index in [1.54, 1.807) is 0 Å². The lowest BCUT2D eigenvalue weighted by molar-refractivity contribution is -0.385. The minimum atomic E-state index is -0.694. The standard InChI is InChI=1S/C12H8N2O6/c15-11-3-7(1-9(5-11)13(17)18)8-2-10(14(19)20)6-12(16)4-8/h1-6,15-16H. The Bertz CT molecular complexity index is 652. The fourth-order valence-corrected chi connectivity index (χ4v) is 1.73. The smallest absolute Gasteiger partial charge is 0.273 e. The SMILES string of the molecule is O=[N+]([O-])c1cc(O)cc(-c2cc(O)cc([N+](=O)[O-])c2)c1. The van der Waals surface area contributed by atoms with Gasteiger partial charge < -0.3 is 10.2 Å². The van der Waals surface area contributed by atoms with Gasteiger partial charge in [0.25, 0.3) is 11.4 Å². The monoisotopic (exact) mass is 276 g/mol. The number of nitro benzene ring substituents is 2. The lowest BCUT2D eigenvalue weighted by atomic mass is 10.0. The van der Waals surface area contributed by atoms with Crippen molar-refractivity contribution in [3.05, 3.63) is 56.6 Å². The molecule has 0 saturated carbocycles. The van der Waals surface area contributed by atoms with Gasteiger partial charge in [0.2, 0.25) is 0 Å². The molecule has 0 radical (unpaired) electrons. The van der Waals surface area contributed by atoms with Crippen LogP contribution in [0.1, 0.15) is 0 Å². The van der Waals surface area contributed by atoms with Crippen LogP contribution in [0.5, 0.6) is 11.5 Å². The highest BCUT2D eigenvalue weighted by atomic mass is 16.6. The number of nitrogens with zero attached hydrogens (tertiary/aromatic N) is 2. The van der Waals surface area contributed by atoms with E-state index in [9.17, 15) is 30.4 Å². The quantitative estimate of drug-likeness (QED) is 0.655. The van der Waals surface area contributed by atoms with Gasteiger partial charge in [-0.3, -0.25) is 20.2 Å². The van der Waals surface area contributed by atoms with Crippen molar-refractivity contribution in [1.29, 1.82) is 0 Å². The van der Waals surface area contributed by atoms with Crippen molar-refractivity contribution in [2.45, 2.75) is 0 Å². The molecule has 0 spiro atoms. The van der Waals surface area contributed by atoms with E-state index in [1.807, 2.05) is 0 Å². The van der Waals surface area contributed by atoms with E-state index < -0.39 is 9.85 Å². The number of rotatable bonds is 3. The highest BCUT2D eigenvalue weighted by Gasteiger charge is 2.14. The fourth-order valence-electron chi connectivity index (χ4n) is 1.73. The summed E-state index contributed by atoms with van der Waals surface area (Å²) in [7, 11) is 0. The van der Waals surface area contributed by atoms with Crippen LogP contribution in [-0.2, 0) is 0 Å². The second kappa shape index (κ2) is 4.84. The molecule has 0 unspecified atom stereocenters. The maximum absolute atomic E-state index is 10.7. The van der Waals surface area contributed by atoms with E-state index in [-0.39, 0.29) is 34.0 Å². The Kier molecular flexibility index (Phi) is 3.21. The van der Waals surface area contributed by atoms with E-state index in [0.29, 0.717) is 0 Å². The first-order chi connectivity index (χ1) is 9.36. The molecule has 0 atom stereocenters. The van der Waals surface area contributed by atoms with Crippen molar-refractivity contribution in [2.24, 2.45) is 0 Å². The lowest BCUT2D eigenvalue weighted by Gasteiger charge is -2.04. The highest BCUT2D eigenvalue weighted by molar-refractivity contribution is 5.71. The Hall–Kier alpha value is -3.16. The van der Waals surface area contributed by atoms with Gasteiger partial charge in [-0.2, -0.15) is 0 Å². The van der Waals surface area contributed by atoms with Crippen molar-refractivity contribution in [1.82, 2.24) is 0 Å². The Morgan fingerprint density at radius 3 is 1.35 bits per heavy atom. The summed E-state index contributed by atoms with van der Waals surface area (Å²) in [5.74, 6) is -0.694.